The Labute approximate surface area is 224 Å². The van der Waals surface area contributed by atoms with Gasteiger partial charge in [-0.3, -0.25) is 19.2 Å². The van der Waals surface area contributed by atoms with E-state index in [2.05, 4.69) is 0 Å². The number of carbonyl (C=O) groups excluding carboxylic acids is 4. The van der Waals surface area contributed by atoms with Crippen molar-refractivity contribution in [3.63, 3.8) is 0 Å². The zero-order chi connectivity index (χ0) is 26.9. The van der Waals surface area contributed by atoms with Crippen LogP contribution >= 0.6 is 11.8 Å². The van der Waals surface area contributed by atoms with Crippen molar-refractivity contribution in [3.05, 3.63) is 0 Å². The summed E-state index contributed by atoms with van der Waals surface area (Å²) in [6.07, 6.45) is 7.83. The first-order valence-corrected chi connectivity index (χ1v) is 14.6. The van der Waals surface area contributed by atoms with Gasteiger partial charge in [-0.2, -0.15) is 0 Å². The molecule has 10 heteroatoms. The van der Waals surface area contributed by atoms with Gasteiger partial charge in [0.05, 0.1) is 0 Å². The highest BCUT2D eigenvalue weighted by atomic mass is 32.2. The summed E-state index contributed by atoms with van der Waals surface area (Å²) in [4.78, 5) is 47.9. The minimum atomic E-state index is -1.11. The third-order valence-corrected chi connectivity index (χ3v) is 9.20. The molecular formula is C27H42O9S. The van der Waals surface area contributed by atoms with Crippen LogP contribution in [0.1, 0.15) is 91.9 Å². The first-order valence-electron chi connectivity index (χ1n) is 13.6. The van der Waals surface area contributed by atoms with Crippen LogP contribution in [-0.2, 0) is 42.9 Å². The van der Waals surface area contributed by atoms with Gasteiger partial charge in [-0.25, -0.2) is 0 Å². The number of ether oxygens (including phenoxy) is 5. The summed E-state index contributed by atoms with van der Waals surface area (Å²) in [7, 11) is 0. The summed E-state index contributed by atoms with van der Waals surface area (Å²) >= 11 is 1.65. The summed E-state index contributed by atoms with van der Waals surface area (Å²) < 4.78 is 28.5. The van der Waals surface area contributed by atoms with Gasteiger partial charge >= 0.3 is 23.9 Å². The number of hydrogen-bond acceptors (Lipinski definition) is 10. The average molecular weight is 543 g/mol. The summed E-state index contributed by atoms with van der Waals surface area (Å²) in [6, 6.07) is 0. The second-order valence-corrected chi connectivity index (χ2v) is 11.7. The van der Waals surface area contributed by atoms with Gasteiger partial charge in [0, 0.05) is 32.9 Å². The van der Waals surface area contributed by atoms with Crippen LogP contribution in [0, 0.1) is 11.8 Å². The van der Waals surface area contributed by atoms with Crippen LogP contribution in [0.5, 0.6) is 0 Å². The molecule has 0 unspecified atom stereocenters. The van der Waals surface area contributed by atoms with Crippen LogP contribution in [0.15, 0.2) is 0 Å². The molecule has 1 aliphatic heterocycles. The molecular weight excluding hydrogens is 500 g/mol. The molecule has 37 heavy (non-hydrogen) atoms. The monoisotopic (exact) mass is 542 g/mol. The van der Waals surface area contributed by atoms with Gasteiger partial charge in [-0.15, -0.1) is 11.8 Å². The van der Waals surface area contributed by atoms with Crippen LogP contribution in [0.25, 0.3) is 0 Å². The summed E-state index contributed by atoms with van der Waals surface area (Å²) in [5, 5.41) is 0.293. The highest BCUT2D eigenvalue weighted by molar-refractivity contribution is 8.00. The summed E-state index contributed by atoms with van der Waals surface area (Å²) in [6.45, 7) is 4.87. The Morgan fingerprint density at radius 3 is 1.59 bits per heavy atom. The van der Waals surface area contributed by atoms with Gasteiger partial charge in [-0.05, 0) is 37.5 Å². The Morgan fingerprint density at radius 2 is 1.14 bits per heavy atom. The van der Waals surface area contributed by atoms with Crippen molar-refractivity contribution in [2.75, 3.05) is 6.61 Å². The summed E-state index contributed by atoms with van der Waals surface area (Å²) in [5.41, 5.74) is -0.686. The molecule has 0 spiro atoms. The van der Waals surface area contributed by atoms with Crippen LogP contribution in [-0.4, -0.2) is 65.6 Å². The normalized spacial score (nSPS) is 29.4. The second-order valence-electron chi connectivity index (χ2n) is 10.5. The number of thioether (sulfide) groups is 1. The molecule has 2 saturated carbocycles. The van der Waals surface area contributed by atoms with E-state index in [1.54, 1.807) is 11.8 Å². The molecule has 3 aliphatic rings. The smallest absolute Gasteiger partial charge is 0.303 e. The van der Waals surface area contributed by atoms with Crippen LogP contribution < -0.4 is 0 Å². The minimum Gasteiger partial charge on any atom is -0.463 e. The molecule has 1 saturated heterocycles. The Kier molecular flexibility index (Phi) is 11.6. The quantitative estimate of drug-likeness (QED) is 0.308. The average Bonchev–Trinajstić information content (AvgIpc) is 2.85. The number of esters is 4. The minimum absolute atomic E-state index is 0.188. The third-order valence-electron chi connectivity index (χ3n) is 7.47. The number of rotatable bonds is 9. The topological polar surface area (TPSA) is 114 Å². The highest BCUT2D eigenvalue weighted by Gasteiger charge is 2.53. The fraction of sp³-hybridized carbons (Fsp3) is 0.852. The van der Waals surface area contributed by atoms with Crippen molar-refractivity contribution in [1.29, 1.82) is 0 Å². The molecule has 1 heterocycles. The fourth-order valence-corrected chi connectivity index (χ4v) is 7.86. The van der Waals surface area contributed by atoms with E-state index in [0.717, 1.165) is 25.7 Å². The molecule has 3 fully saturated rings. The molecule has 0 amide bonds. The zero-order valence-electron chi connectivity index (χ0n) is 22.5. The molecule has 2 aliphatic carbocycles. The van der Waals surface area contributed by atoms with Crippen molar-refractivity contribution in [2.45, 2.75) is 127 Å². The molecule has 210 valence electrons. The molecule has 0 N–H and O–H groups in total. The zero-order valence-corrected chi connectivity index (χ0v) is 23.3. The predicted octanol–water partition coefficient (Wildman–Crippen LogP) is 4.33. The maximum absolute atomic E-state index is 12.2. The molecule has 9 nitrogen and oxygen atoms in total. The van der Waals surface area contributed by atoms with Gasteiger partial charge in [-0.1, -0.05) is 38.5 Å². The van der Waals surface area contributed by atoms with E-state index in [1.807, 2.05) is 0 Å². The van der Waals surface area contributed by atoms with E-state index in [0.29, 0.717) is 17.1 Å². The molecule has 0 aromatic rings. The number of carbonyl (C=O) groups is 4. The van der Waals surface area contributed by atoms with E-state index in [4.69, 9.17) is 23.7 Å². The lowest BCUT2D eigenvalue weighted by Gasteiger charge is -2.46. The molecule has 0 aromatic carbocycles. The van der Waals surface area contributed by atoms with E-state index < -0.39 is 53.7 Å². The van der Waals surface area contributed by atoms with E-state index in [-0.39, 0.29) is 6.61 Å². The van der Waals surface area contributed by atoms with Crippen molar-refractivity contribution in [2.24, 2.45) is 11.8 Å². The predicted molar refractivity (Wildman–Crippen MR) is 136 cm³/mol. The largest absolute Gasteiger partial charge is 0.463 e. The Hall–Kier alpha value is -1.81. The van der Waals surface area contributed by atoms with Gasteiger partial charge in [0.2, 0.25) is 0 Å². The summed E-state index contributed by atoms with van der Waals surface area (Å²) in [5.74, 6) is -1.24. The maximum atomic E-state index is 12.2. The maximum Gasteiger partial charge on any atom is 0.303 e. The molecule has 3 rings (SSSR count). The standard InChI is InChI=1S/C27H42O9S/c1-16(28)32-15-22-23(33-17(2)29)24(34-18(3)30)25(35-19(4)31)27(36-22)37-26(20-11-7-5-8-12-20)21-13-9-6-10-14-21/h20-27H,5-15H2,1-4H3/t22-,23-,24+,25-,27-/m1/s1. The van der Waals surface area contributed by atoms with E-state index >= 15 is 0 Å². The molecule has 0 radical (unpaired) electrons. The van der Waals surface area contributed by atoms with Crippen LogP contribution in [0.4, 0.5) is 0 Å². The Morgan fingerprint density at radius 1 is 0.676 bits per heavy atom. The first kappa shape index (κ1) is 29.7. The highest BCUT2D eigenvalue weighted by Crippen LogP contribution is 2.46. The van der Waals surface area contributed by atoms with Gasteiger partial charge in [0.1, 0.15) is 18.1 Å². The lowest BCUT2D eigenvalue weighted by Crippen LogP contribution is -2.62. The SMILES string of the molecule is CC(=O)OC[C@H]1O[C@H](SC(C2CCCCC2)C2CCCCC2)[C@H](OC(C)=O)[C@@H](OC(C)=O)[C@@H]1OC(C)=O. The van der Waals surface area contributed by atoms with Crippen LogP contribution in [0.3, 0.4) is 0 Å². The third kappa shape index (κ3) is 8.87. The lowest BCUT2D eigenvalue weighted by molar-refractivity contribution is -0.237. The fourth-order valence-electron chi connectivity index (χ4n) is 5.99. The van der Waals surface area contributed by atoms with Crippen molar-refractivity contribution >= 4 is 35.6 Å². The van der Waals surface area contributed by atoms with E-state index in [9.17, 15) is 19.2 Å². The molecule has 0 aromatic heterocycles. The van der Waals surface area contributed by atoms with Gasteiger partial charge in [0.15, 0.2) is 18.3 Å². The Bertz CT molecular complexity index is 773. The van der Waals surface area contributed by atoms with Gasteiger partial charge < -0.3 is 23.7 Å². The lowest BCUT2D eigenvalue weighted by atomic mass is 9.77. The van der Waals surface area contributed by atoms with Crippen molar-refractivity contribution < 1.29 is 42.9 Å². The first-order chi connectivity index (χ1) is 17.7. The van der Waals surface area contributed by atoms with E-state index in [1.165, 1.54) is 66.2 Å². The molecule has 5 atom stereocenters. The van der Waals surface area contributed by atoms with Crippen LogP contribution in [0.2, 0.25) is 0 Å². The number of hydrogen-bond donors (Lipinski definition) is 0. The Balaban J connectivity index is 1.95. The van der Waals surface area contributed by atoms with Gasteiger partial charge in [0.25, 0.3) is 0 Å². The van der Waals surface area contributed by atoms with Crippen molar-refractivity contribution in [3.8, 4) is 0 Å². The molecule has 0 bridgehead atoms. The second kappa shape index (κ2) is 14.4. The van der Waals surface area contributed by atoms with Crippen molar-refractivity contribution in [1.82, 2.24) is 0 Å².